The third-order valence-corrected chi connectivity index (χ3v) is 3.33. The van der Waals surface area contributed by atoms with Gasteiger partial charge in [0.15, 0.2) is 0 Å². The Kier molecular flexibility index (Phi) is 5.65. The van der Waals surface area contributed by atoms with Gasteiger partial charge in [-0.1, -0.05) is 12.1 Å². The summed E-state index contributed by atoms with van der Waals surface area (Å²) in [5, 5.41) is 12.9. The Balaban J connectivity index is 1.85. The lowest BCUT2D eigenvalue weighted by molar-refractivity contribution is 0.218. The summed E-state index contributed by atoms with van der Waals surface area (Å²) in [7, 11) is 0. The van der Waals surface area contributed by atoms with E-state index in [1.165, 1.54) is 0 Å². The summed E-state index contributed by atoms with van der Waals surface area (Å²) >= 11 is 0. The van der Waals surface area contributed by atoms with Gasteiger partial charge in [0.25, 0.3) is 0 Å². The molecule has 2 rings (SSSR count). The van der Waals surface area contributed by atoms with Crippen molar-refractivity contribution in [2.45, 2.75) is 19.4 Å². The molecule has 2 unspecified atom stereocenters. The van der Waals surface area contributed by atoms with E-state index in [1.54, 1.807) is 12.4 Å². The topological polar surface area (TPSA) is 58.0 Å². The maximum absolute atomic E-state index is 9.49. The van der Waals surface area contributed by atoms with Gasteiger partial charge in [0.1, 0.15) is 0 Å². The van der Waals surface area contributed by atoms with Crippen molar-refractivity contribution in [3.63, 3.8) is 0 Å². The minimum absolute atomic E-state index is 0.151. The molecule has 0 aliphatic heterocycles. The Labute approximate surface area is 119 Å². The van der Waals surface area contributed by atoms with Crippen molar-refractivity contribution in [2.75, 3.05) is 13.2 Å². The van der Waals surface area contributed by atoms with Crippen LogP contribution in [-0.2, 0) is 6.42 Å². The highest BCUT2D eigenvalue weighted by molar-refractivity contribution is 5.08. The molecule has 0 fully saturated rings. The van der Waals surface area contributed by atoms with Crippen molar-refractivity contribution >= 4 is 0 Å². The molecule has 106 valence electrons. The van der Waals surface area contributed by atoms with Gasteiger partial charge in [-0.15, -0.1) is 0 Å². The molecule has 0 bridgehead atoms. The molecule has 2 atom stereocenters. The largest absolute Gasteiger partial charge is 0.396 e. The van der Waals surface area contributed by atoms with Gasteiger partial charge in [0.05, 0.1) is 5.69 Å². The van der Waals surface area contributed by atoms with Gasteiger partial charge in [-0.2, -0.15) is 0 Å². The minimum Gasteiger partial charge on any atom is -0.396 e. The molecule has 0 amide bonds. The first kappa shape index (κ1) is 14.6. The lowest BCUT2D eigenvalue weighted by Crippen LogP contribution is -2.29. The van der Waals surface area contributed by atoms with Crippen molar-refractivity contribution in [3.8, 4) is 0 Å². The minimum atomic E-state index is 0.151. The first-order chi connectivity index (χ1) is 9.79. The number of aliphatic hydroxyl groups excluding tert-OH is 1. The zero-order chi connectivity index (χ0) is 14.2. The second-order valence-corrected chi connectivity index (χ2v) is 4.96. The van der Waals surface area contributed by atoms with Crippen LogP contribution in [0, 0.1) is 5.92 Å². The Bertz CT molecular complexity index is 490. The number of aromatic nitrogens is 2. The van der Waals surface area contributed by atoms with Crippen LogP contribution in [0.2, 0.25) is 0 Å². The number of nitrogens with zero attached hydrogens (tertiary/aromatic N) is 2. The predicted molar refractivity (Wildman–Crippen MR) is 79.2 cm³/mol. The molecule has 20 heavy (non-hydrogen) atoms. The standard InChI is InChI=1S/C16H21N3O/c1-13(16-7-3-5-9-18-16)19-11-14(12-20)10-15-6-2-4-8-17-15/h2-9,13-14,19-20H,10-12H2,1H3. The van der Waals surface area contributed by atoms with Crippen molar-refractivity contribution in [2.24, 2.45) is 5.92 Å². The molecule has 2 aromatic rings. The lowest BCUT2D eigenvalue weighted by Gasteiger charge is -2.18. The smallest absolute Gasteiger partial charge is 0.0570 e. The number of aliphatic hydroxyl groups is 1. The van der Waals surface area contributed by atoms with Crippen molar-refractivity contribution in [1.82, 2.24) is 15.3 Å². The third kappa shape index (κ3) is 4.40. The molecule has 4 nitrogen and oxygen atoms in total. The average molecular weight is 271 g/mol. The normalized spacial score (nSPS) is 13.9. The Morgan fingerprint density at radius 2 is 1.85 bits per heavy atom. The zero-order valence-corrected chi connectivity index (χ0v) is 11.7. The maximum atomic E-state index is 9.49. The summed E-state index contributed by atoms with van der Waals surface area (Å²) in [5.41, 5.74) is 2.03. The van der Waals surface area contributed by atoms with Gasteiger partial charge in [-0.3, -0.25) is 9.97 Å². The summed E-state index contributed by atoms with van der Waals surface area (Å²) in [6.45, 7) is 2.97. The van der Waals surface area contributed by atoms with E-state index in [9.17, 15) is 5.11 Å². The van der Waals surface area contributed by atoms with E-state index >= 15 is 0 Å². The fourth-order valence-electron chi connectivity index (χ4n) is 2.10. The molecular formula is C16H21N3O. The molecule has 0 radical (unpaired) electrons. The van der Waals surface area contributed by atoms with Crippen LogP contribution in [0.3, 0.4) is 0 Å². The Hall–Kier alpha value is -1.78. The van der Waals surface area contributed by atoms with Gasteiger partial charge >= 0.3 is 0 Å². The summed E-state index contributed by atoms with van der Waals surface area (Å²) in [6.07, 6.45) is 4.36. The van der Waals surface area contributed by atoms with E-state index in [2.05, 4.69) is 22.2 Å². The summed E-state index contributed by atoms with van der Waals surface area (Å²) in [4.78, 5) is 8.63. The van der Waals surface area contributed by atoms with Crippen LogP contribution in [-0.4, -0.2) is 28.2 Å². The van der Waals surface area contributed by atoms with Gasteiger partial charge in [0.2, 0.25) is 0 Å². The molecule has 0 saturated carbocycles. The van der Waals surface area contributed by atoms with Crippen LogP contribution in [0.4, 0.5) is 0 Å². The fraction of sp³-hybridized carbons (Fsp3) is 0.375. The lowest BCUT2D eigenvalue weighted by atomic mass is 10.0. The van der Waals surface area contributed by atoms with Crippen LogP contribution in [0.15, 0.2) is 48.8 Å². The number of hydrogen-bond donors (Lipinski definition) is 2. The Morgan fingerprint density at radius 1 is 1.10 bits per heavy atom. The molecule has 0 aliphatic rings. The van der Waals surface area contributed by atoms with Crippen LogP contribution >= 0.6 is 0 Å². The zero-order valence-electron chi connectivity index (χ0n) is 11.7. The predicted octanol–water partition coefficient (Wildman–Crippen LogP) is 1.98. The van der Waals surface area contributed by atoms with E-state index in [0.717, 1.165) is 24.4 Å². The first-order valence-electron chi connectivity index (χ1n) is 6.94. The molecular weight excluding hydrogens is 250 g/mol. The van der Waals surface area contributed by atoms with Gasteiger partial charge in [-0.05, 0) is 43.5 Å². The second kappa shape index (κ2) is 7.72. The highest BCUT2D eigenvalue weighted by Gasteiger charge is 2.12. The van der Waals surface area contributed by atoms with Gasteiger partial charge in [0, 0.05) is 37.3 Å². The molecule has 4 heteroatoms. The quantitative estimate of drug-likeness (QED) is 0.808. The second-order valence-electron chi connectivity index (χ2n) is 4.96. The fourth-order valence-corrected chi connectivity index (χ4v) is 2.10. The van der Waals surface area contributed by atoms with Crippen LogP contribution < -0.4 is 5.32 Å². The molecule has 2 aromatic heterocycles. The van der Waals surface area contributed by atoms with E-state index in [4.69, 9.17) is 0 Å². The number of rotatable bonds is 7. The van der Waals surface area contributed by atoms with Crippen molar-refractivity contribution in [3.05, 3.63) is 60.2 Å². The molecule has 0 aromatic carbocycles. The monoisotopic (exact) mass is 271 g/mol. The molecule has 2 N–H and O–H groups in total. The number of pyridine rings is 2. The van der Waals surface area contributed by atoms with Gasteiger partial charge < -0.3 is 10.4 Å². The van der Waals surface area contributed by atoms with Crippen LogP contribution in [0.25, 0.3) is 0 Å². The Morgan fingerprint density at radius 3 is 2.45 bits per heavy atom. The maximum Gasteiger partial charge on any atom is 0.0570 e. The summed E-state index contributed by atoms with van der Waals surface area (Å²) in [6, 6.07) is 11.9. The van der Waals surface area contributed by atoms with E-state index in [0.29, 0.717) is 0 Å². The van der Waals surface area contributed by atoms with E-state index in [1.807, 2.05) is 36.4 Å². The van der Waals surface area contributed by atoms with Crippen LogP contribution in [0.5, 0.6) is 0 Å². The first-order valence-corrected chi connectivity index (χ1v) is 6.94. The SMILES string of the molecule is CC(NCC(CO)Cc1ccccn1)c1ccccn1. The van der Waals surface area contributed by atoms with Crippen molar-refractivity contribution in [1.29, 1.82) is 0 Å². The van der Waals surface area contributed by atoms with E-state index in [-0.39, 0.29) is 18.6 Å². The van der Waals surface area contributed by atoms with Crippen molar-refractivity contribution < 1.29 is 5.11 Å². The van der Waals surface area contributed by atoms with Crippen LogP contribution in [0.1, 0.15) is 24.4 Å². The number of hydrogen-bond acceptors (Lipinski definition) is 4. The third-order valence-electron chi connectivity index (χ3n) is 3.33. The molecule has 2 heterocycles. The summed E-state index contributed by atoms with van der Waals surface area (Å²) < 4.78 is 0. The highest BCUT2D eigenvalue weighted by atomic mass is 16.3. The average Bonchev–Trinajstić information content (AvgIpc) is 2.53. The summed E-state index contributed by atoms with van der Waals surface area (Å²) in [5.74, 6) is 0.163. The van der Waals surface area contributed by atoms with Gasteiger partial charge in [-0.25, -0.2) is 0 Å². The highest BCUT2D eigenvalue weighted by Crippen LogP contribution is 2.10. The van der Waals surface area contributed by atoms with E-state index < -0.39 is 0 Å². The molecule has 0 aliphatic carbocycles. The molecule has 0 saturated heterocycles. The number of nitrogens with one attached hydrogen (secondary N) is 1. The molecule has 0 spiro atoms.